The maximum atomic E-state index is 11.6. The number of nitrogens with one attached hydrogen (secondary N) is 2. The summed E-state index contributed by atoms with van der Waals surface area (Å²) in [6.45, 7) is 4.68. The molecule has 0 atom stereocenters. The van der Waals surface area contributed by atoms with Crippen LogP contribution in [0.1, 0.15) is 25.8 Å². The number of amides is 1. The molecule has 0 aliphatic carbocycles. The zero-order valence-electron chi connectivity index (χ0n) is 10.5. The molecule has 1 aromatic rings. The fourth-order valence-electron chi connectivity index (χ4n) is 1.39. The van der Waals surface area contributed by atoms with Crippen molar-refractivity contribution in [2.24, 2.45) is 0 Å². The first-order valence-corrected chi connectivity index (χ1v) is 6.13. The highest BCUT2D eigenvalue weighted by Crippen LogP contribution is 2.19. The van der Waals surface area contributed by atoms with Crippen molar-refractivity contribution in [3.63, 3.8) is 0 Å². The van der Waals surface area contributed by atoms with Gasteiger partial charge in [0.25, 0.3) is 0 Å². The lowest BCUT2D eigenvalue weighted by Crippen LogP contribution is -2.27. The van der Waals surface area contributed by atoms with Crippen LogP contribution in [0.25, 0.3) is 0 Å². The number of rotatable bonds is 5. The standard InChI is InChI=1S/C13H16ClN3O/c1-9(2)16-6-5-13(18)17-11-3-4-12(14)10(7-11)8-15/h3-4,7,9,16H,5-6H2,1-2H3,(H,17,18). The van der Waals surface area contributed by atoms with E-state index in [9.17, 15) is 4.79 Å². The van der Waals surface area contributed by atoms with Gasteiger partial charge in [0.05, 0.1) is 10.6 Å². The minimum atomic E-state index is -0.0886. The summed E-state index contributed by atoms with van der Waals surface area (Å²) in [5.41, 5.74) is 0.945. The first-order valence-electron chi connectivity index (χ1n) is 5.76. The molecule has 96 valence electrons. The van der Waals surface area contributed by atoms with Crippen LogP contribution in [-0.2, 0) is 4.79 Å². The SMILES string of the molecule is CC(C)NCCC(=O)Nc1ccc(Cl)c(C#N)c1. The molecule has 0 fully saturated rings. The van der Waals surface area contributed by atoms with Crippen molar-refractivity contribution in [2.45, 2.75) is 26.3 Å². The van der Waals surface area contributed by atoms with Crippen LogP contribution < -0.4 is 10.6 Å². The molecule has 0 radical (unpaired) electrons. The molecule has 18 heavy (non-hydrogen) atoms. The van der Waals surface area contributed by atoms with Crippen LogP contribution >= 0.6 is 11.6 Å². The minimum absolute atomic E-state index is 0.0886. The number of hydrogen-bond donors (Lipinski definition) is 2. The molecule has 2 N–H and O–H groups in total. The van der Waals surface area contributed by atoms with E-state index in [-0.39, 0.29) is 5.91 Å². The molecule has 0 bridgehead atoms. The summed E-state index contributed by atoms with van der Waals surface area (Å²) >= 11 is 5.81. The second-order valence-electron chi connectivity index (χ2n) is 4.21. The molecule has 0 spiro atoms. The van der Waals surface area contributed by atoms with Gasteiger partial charge in [0.2, 0.25) is 5.91 Å². The summed E-state index contributed by atoms with van der Waals surface area (Å²) in [6.07, 6.45) is 0.392. The van der Waals surface area contributed by atoms with Crippen LogP contribution in [0.3, 0.4) is 0 Å². The molecule has 0 aromatic heterocycles. The van der Waals surface area contributed by atoms with Crippen molar-refractivity contribution >= 4 is 23.2 Å². The molecular formula is C13H16ClN3O. The van der Waals surface area contributed by atoms with Crippen LogP contribution in [0.2, 0.25) is 5.02 Å². The number of anilines is 1. The number of hydrogen-bond acceptors (Lipinski definition) is 3. The third-order valence-electron chi connectivity index (χ3n) is 2.28. The van der Waals surface area contributed by atoms with Gasteiger partial charge in [0.1, 0.15) is 6.07 Å². The van der Waals surface area contributed by atoms with Gasteiger partial charge in [-0.2, -0.15) is 5.26 Å². The highest BCUT2D eigenvalue weighted by molar-refractivity contribution is 6.31. The Balaban J connectivity index is 2.52. The number of nitrogens with zero attached hydrogens (tertiary/aromatic N) is 1. The number of carbonyl (C=O) groups excluding carboxylic acids is 1. The van der Waals surface area contributed by atoms with Crippen molar-refractivity contribution in [3.8, 4) is 6.07 Å². The van der Waals surface area contributed by atoms with E-state index < -0.39 is 0 Å². The molecule has 0 aliphatic rings. The molecule has 5 heteroatoms. The number of carbonyl (C=O) groups is 1. The molecule has 0 unspecified atom stereocenters. The zero-order valence-corrected chi connectivity index (χ0v) is 11.2. The van der Waals surface area contributed by atoms with Gasteiger partial charge in [-0.1, -0.05) is 25.4 Å². The Hall–Kier alpha value is -1.57. The Labute approximate surface area is 112 Å². The Morgan fingerprint density at radius 3 is 2.83 bits per heavy atom. The van der Waals surface area contributed by atoms with Crippen LogP contribution in [0.15, 0.2) is 18.2 Å². The van der Waals surface area contributed by atoms with Gasteiger partial charge < -0.3 is 10.6 Å². The average Bonchev–Trinajstić information content (AvgIpc) is 2.31. The van der Waals surface area contributed by atoms with Crippen LogP contribution in [0, 0.1) is 11.3 Å². The van der Waals surface area contributed by atoms with Crippen LogP contribution in [0.4, 0.5) is 5.69 Å². The van der Waals surface area contributed by atoms with E-state index >= 15 is 0 Å². The molecule has 1 amide bonds. The highest BCUT2D eigenvalue weighted by atomic mass is 35.5. The fraction of sp³-hybridized carbons (Fsp3) is 0.385. The zero-order chi connectivity index (χ0) is 13.5. The third-order valence-corrected chi connectivity index (χ3v) is 2.60. The van der Waals surface area contributed by atoms with Gasteiger partial charge in [-0.3, -0.25) is 4.79 Å². The normalized spacial score (nSPS) is 10.2. The summed E-state index contributed by atoms with van der Waals surface area (Å²) in [7, 11) is 0. The minimum Gasteiger partial charge on any atom is -0.326 e. The molecule has 0 aliphatic heterocycles. The molecule has 0 heterocycles. The van der Waals surface area contributed by atoms with Crippen LogP contribution in [-0.4, -0.2) is 18.5 Å². The summed E-state index contributed by atoms with van der Waals surface area (Å²) in [5.74, 6) is -0.0886. The predicted octanol–water partition coefficient (Wildman–Crippen LogP) is 2.54. The second-order valence-corrected chi connectivity index (χ2v) is 4.62. The summed E-state index contributed by atoms with van der Waals surface area (Å²) in [5, 5.41) is 15.1. The quantitative estimate of drug-likeness (QED) is 0.860. The summed E-state index contributed by atoms with van der Waals surface area (Å²) in [4.78, 5) is 11.6. The molecule has 1 rings (SSSR count). The van der Waals surface area contributed by atoms with Gasteiger partial charge in [0.15, 0.2) is 0 Å². The summed E-state index contributed by atoms with van der Waals surface area (Å²) < 4.78 is 0. The van der Waals surface area contributed by atoms with Crippen molar-refractivity contribution in [1.82, 2.24) is 5.32 Å². The lowest BCUT2D eigenvalue weighted by Gasteiger charge is -2.09. The van der Waals surface area contributed by atoms with Gasteiger partial charge in [0, 0.05) is 24.7 Å². The van der Waals surface area contributed by atoms with E-state index in [1.807, 2.05) is 19.9 Å². The van der Waals surface area contributed by atoms with Crippen molar-refractivity contribution in [2.75, 3.05) is 11.9 Å². The molecule has 4 nitrogen and oxygen atoms in total. The monoisotopic (exact) mass is 265 g/mol. The Kier molecular flexibility index (Phi) is 5.63. The van der Waals surface area contributed by atoms with Crippen LogP contribution in [0.5, 0.6) is 0 Å². The molecule has 0 saturated heterocycles. The lowest BCUT2D eigenvalue weighted by molar-refractivity contribution is -0.116. The van der Waals surface area contributed by atoms with E-state index in [2.05, 4.69) is 10.6 Å². The van der Waals surface area contributed by atoms with E-state index in [0.717, 1.165) is 0 Å². The van der Waals surface area contributed by atoms with Gasteiger partial charge in [-0.15, -0.1) is 0 Å². The molecule has 1 aromatic carbocycles. The Morgan fingerprint density at radius 2 is 2.22 bits per heavy atom. The first kappa shape index (κ1) is 14.5. The Morgan fingerprint density at radius 1 is 1.50 bits per heavy atom. The number of benzene rings is 1. The third kappa shape index (κ3) is 4.74. The maximum absolute atomic E-state index is 11.6. The summed E-state index contributed by atoms with van der Waals surface area (Å²) in [6, 6.07) is 7.17. The largest absolute Gasteiger partial charge is 0.326 e. The second kappa shape index (κ2) is 7.00. The first-order chi connectivity index (χ1) is 8.52. The van der Waals surface area contributed by atoms with E-state index in [1.165, 1.54) is 0 Å². The van der Waals surface area contributed by atoms with Gasteiger partial charge in [-0.25, -0.2) is 0 Å². The smallest absolute Gasteiger partial charge is 0.225 e. The van der Waals surface area contributed by atoms with Gasteiger partial charge >= 0.3 is 0 Å². The topological polar surface area (TPSA) is 64.9 Å². The number of nitriles is 1. The van der Waals surface area contributed by atoms with Crippen molar-refractivity contribution in [1.29, 1.82) is 5.26 Å². The van der Waals surface area contributed by atoms with Gasteiger partial charge in [-0.05, 0) is 18.2 Å². The number of halogens is 1. The lowest BCUT2D eigenvalue weighted by atomic mass is 10.2. The van der Waals surface area contributed by atoms with E-state index in [4.69, 9.17) is 16.9 Å². The Bertz CT molecular complexity index is 466. The predicted molar refractivity (Wildman–Crippen MR) is 72.6 cm³/mol. The van der Waals surface area contributed by atoms with E-state index in [1.54, 1.807) is 18.2 Å². The highest BCUT2D eigenvalue weighted by Gasteiger charge is 2.05. The maximum Gasteiger partial charge on any atom is 0.225 e. The average molecular weight is 266 g/mol. The molecule has 0 saturated carbocycles. The fourth-order valence-corrected chi connectivity index (χ4v) is 1.55. The van der Waals surface area contributed by atoms with Crippen molar-refractivity contribution < 1.29 is 4.79 Å². The van der Waals surface area contributed by atoms with Crippen molar-refractivity contribution in [3.05, 3.63) is 28.8 Å². The van der Waals surface area contributed by atoms with E-state index in [0.29, 0.717) is 35.3 Å². The molecular weight excluding hydrogens is 250 g/mol.